The highest BCUT2D eigenvalue weighted by molar-refractivity contribution is 5.74. The monoisotopic (exact) mass is 388 g/mol. The van der Waals surface area contributed by atoms with Crippen LogP contribution in [0.3, 0.4) is 0 Å². The summed E-state index contributed by atoms with van der Waals surface area (Å²) in [5, 5.41) is 32.2. The Morgan fingerprint density at radius 3 is 1.56 bits per heavy atom. The van der Waals surface area contributed by atoms with Crippen molar-refractivity contribution in [2.24, 2.45) is 11.5 Å². The van der Waals surface area contributed by atoms with Crippen LogP contribution in [0.1, 0.15) is 12.8 Å². The molecule has 0 unspecified atom stereocenters. The molecule has 0 aliphatic carbocycles. The maximum Gasteiger partial charge on any atom is 0.490 e. The molecule has 0 aliphatic heterocycles. The minimum absolute atomic E-state index is 0.0140. The molecular weight excluding hydrogens is 370 g/mol. The van der Waals surface area contributed by atoms with Gasteiger partial charge in [-0.15, -0.1) is 0 Å². The summed E-state index contributed by atoms with van der Waals surface area (Å²) < 4.78 is 63.5. The van der Waals surface area contributed by atoms with E-state index in [1.807, 2.05) is 0 Å². The molecular formula is C10H18F6N4O5. The number of nitrogens with one attached hydrogen (secondary N) is 2. The number of halogens is 6. The minimum Gasteiger partial charge on any atom is -0.475 e. The van der Waals surface area contributed by atoms with Gasteiger partial charge in [0.05, 0.1) is 6.61 Å². The van der Waals surface area contributed by atoms with Gasteiger partial charge in [0.1, 0.15) is 0 Å². The van der Waals surface area contributed by atoms with E-state index in [-0.39, 0.29) is 18.6 Å². The first-order chi connectivity index (χ1) is 11.1. The highest BCUT2D eigenvalue weighted by Crippen LogP contribution is 2.13. The van der Waals surface area contributed by atoms with Gasteiger partial charge >= 0.3 is 24.3 Å². The molecule has 15 heteroatoms. The molecule has 0 aliphatic rings. The summed E-state index contributed by atoms with van der Waals surface area (Å²) in [6, 6.07) is -0.149. The molecule has 0 radical (unpaired) electrons. The zero-order valence-corrected chi connectivity index (χ0v) is 12.5. The molecule has 0 saturated heterocycles. The maximum atomic E-state index is 10.6. The number of carbonyl (C=O) groups is 2. The van der Waals surface area contributed by atoms with Crippen LogP contribution < -0.4 is 16.8 Å². The highest BCUT2D eigenvalue weighted by Gasteiger charge is 2.38. The molecule has 150 valence electrons. The molecule has 0 amide bonds. The number of guanidine groups is 1. The SMILES string of the molecule is N=C(N)NCCC[C@H](N)CO.O=C(O)C(F)(F)F.O=C(O)C(F)(F)F. The maximum absolute atomic E-state index is 10.6. The van der Waals surface area contributed by atoms with Crippen LogP contribution in [-0.4, -0.2) is 64.8 Å². The van der Waals surface area contributed by atoms with Gasteiger partial charge < -0.3 is 32.1 Å². The fourth-order valence-corrected chi connectivity index (χ4v) is 0.679. The van der Waals surface area contributed by atoms with Crippen molar-refractivity contribution in [3.8, 4) is 0 Å². The van der Waals surface area contributed by atoms with Crippen LogP contribution in [0.2, 0.25) is 0 Å². The van der Waals surface area contributed by atoms with Crippen LogP contribution in [0.15, 0.2) is 0 Å². The van der Waals surface area contributed by atoms with Gasteiger partial charge in [0.25, 0.3) is 0 Å². The molecule has 0 heterocycles. The van der Waals surface area contributed by atoms with Gasteiger partial charge in [0.2, 0.25) is 0 Å². The predicted molar refractivity (Wildman–Crippen MR) is 71.6 cm³/mol. The molecule has 25 heavy (non-hydrogen) atoms. The summed E-state index contributed by atoms with van der Waals surface area (Å²) in [7, 11) is 0. The number of aliphatic carboxylic acids is 2. The van der Waals surface area contributed by atoms with Crippen molar-refractivity contribution in [1.82, 2.24) is 5.32 Å². The summed E-state index contributed by atoms with van der Waals surface area (Å²) >= 11 is 0. The molecule has 0 rings (SSSR count). The van der Waals surface area contributed by atoms with Crippen LogP contribution in [0.4, 0.5) is 26.3 Å². The third kappa shape index (κ3) is 24.1. The average molecular weight is 388 g/mol. The van der Waals surface area contributed by atoms with Crippen molar-refractivity contribution < 1.29 is 51.3 Å². The Morgan fingerprint density at radius 1 is 1.04 bits per heavy atom. The van der Waals surface area contributed by atoms with E-state index in [0.29, 0.717) is 6.54 Å². The zero-order chi connectivity index (χ0) is 20.8. The lowest BCUT2D eigenvalue weighted by Crippen LogP contribution is -2.32. The van der Waals surface area contributed by atoms with Crippen LogP contribution in [0.5, 0.6) is 0 Å². The van der Waals surface area contributed by atoms with Gasteiger partial charge in [-0.25, -0.2) is 9.59 Å². The number of hydrogen-bond donors (Lipinski definition) is 7. The second-order valence-corrected chi connectivity index (χ2v) is 4.03. The fraction of sp³-hybridized carbons (Fsp3) is 0.700. The number of carboxylic acids is 2. The standard InChI is InChI=1S/C6H16N4O.2C2HF3O2/c7-5(4-11)2-1-3-10-6(8)9;2*3-2(4,5)1(6)7/h5,11H,1-4,7H2,(H4,8,9,10);2*(H,6,7)/t5-;;/m0../s1. The largest absolute Gasteiger partial charge is 0.490 e. The molecule has 0 aromatic heterocycles. The Kier molecular flexibility index (Phi) is 14.4. The van der Waals surface area contributed by atoms with Crippen molar-refractivity contribution in [2.45, 2.75) is 31.2 Å². The molecule has 9 N–H and O–H groups in total. The van der Waals surface area contributed by atoms with Crippen molar-refractivity contribution in [2.75, 3.05) is 13.2 Å². The Morgan fingerprint density at radius 2 is 1.36 bits per heavy atom. The molecule has 0 spiro atoms. The van der Waals surface area contributed by atoms with Crippen LogP contribution in [0, 0.1) is 5.41 Å². The van der Waals surface area contributed by atoms with Gasteiger partial charge in [-0.2, -0.15) is 26.3 Å². The zero-order valence-electron chi connectivity index (χ0n) is 12.5. The van der Waals surface area contributed by atoms with Gasteiger partial charge in [-0.1, -0.05) is 0 Å². The number of carboxylic acid groups (broad SMARTS) is 2. The first kappa shape index (κ1) is 27.6. The van der Waals surface area contributed by atoms with E-state index >= 15 is 0 Å². The smallest absolute Gasteiger partial charge is 0.475 e. The molecule has 1 atom stereocenters. The summed E-state index contributed by atoms with van der Waals surface area (Å²) in [6.07, 6.45) is -8.60. The summed E-state index contributed by atoms with van der Waals surface area (Å²) in [4.78, 5) is 17.8. The first-order valence-electron chi connectivity index (χ1n) is 6.10. The van der Waals surface area contributed by atoms with Crippen LogP contribution in [0.25, 0.3) is 0 Å². The third-order valence-corrected chi connectivity index (χ3v) is 1.79. The van der Waals surface area contributed by atoms with Crippen molar-refractivity contribution in [1.29, 1.82) is 5.41 Å². The van der Waals surface area contributed by atoms with Crippen molar-refractivity contribution in [3.63, 3.8) is 0 Å². The Labute approximate surface area is 137 Å². The molecule has 0 aromatic carbocycles. The molecule has 0 saturated carbocycles. The van der Waals surface area contributed by atoms with E-state index in [4.69, 9.17) is 41.8 Å². The lowest BCUT2D eigenvalue weighted by molar-refractivity contribution is -0.193. The average Bonchev–Trinajstić information content (AvgIpc) is 2.42. The van der Waals surface area contributed by atoms with E-state index < -0.39 is 24.3 Å². The number of alkyl halides is 6. The lowest BCUT2D eigenvalue weighted by Gasteiger charge is -2.07. The number of nitrogens with two attached hydrogens (primary N) is 2. The number of aliphatic hydroxyl groups is 1. The molecule has 0 fully saturated rings. The normalized spacial score (nSPS) is 11.8. The minimum atomic E-state index is -5.08. The van der Waals surface area contributed by atoms with Crippen molar-refractivity contribution >= 4 is 17.9 Å². The summed E-state index contributed by atoms with van der Waals surface area (Å²) in [6.45, 7) is 0.656. The summed E-state index contributed by atoms with van der Waals surface area (Å²) in [5.74, 6) is -5.54. The van der Waals surface area contributed by atoms with Gasteiger partial charge in [0, 0.05) is 12.6 Å². The van der Waals surface area contributed by atoms with E-state index in [0.717, 1.165) is 12.8 Å². The number of hydrogen-bond acceptors (Lipinski definition) is 5. The second-order valence-electron chi connectivity index (χ2n) is 4.03. The highest BCUT2D eigenvalue weighted by atomic mass is 19.4. The Hall–Kier alpha value is -2.29. The predicted octanol–water partition coefficient (Wildman–Crippen LogP) is -0.164. The van der Waals surface area contributed by atoms with Crippen molar-refractivity contribution in [3.05, 3.63) is 0 Å². The number of aliphatic hydroxyl groups excluding tert-OH is 1. The third-order valence-electron chi connectivity index (χ3n) is 1.79. The summed E-state index contributed by atoms with van der Waals surface area (Å²) in [5.41, 5.74) is 10.5. The molecule has 0 bridgehead atoms. The van der Waals surface area contributed by atoms with Gasteiger partial charge in [-0.05, 0) is 12.8 Å². The van der Waals surface area contributed by atoms with Gasteiger partial charge in [0.15, 0.2) is 5.96 Å². The van der Waals surface area contributed by atoms with E-state index in [9.17, 15) is 26.3 Å². The Bertz CT molecular complexity index is 392. The molecule has 9 nitrogen and oxygen atoms in total. The second kappa shape index (κ2) is 13.1. The lowest BCUT2D eigenvalue weighted by atomic mass is 10.2. The van der Waals surface area contributed by atoms with Crippen LogP contribution >= 0.6 is 0 Å². The van der Waals surface area contributed by atoms with Crippen LogP contribution in [-0.2, 0) is 9.59 Å². The van der Waals surface area contributed by atoms with E-state index in [1.165, 1.54) is 0 Å². The number of rotatable bonds is 5. The first-order valence-corrected chi connectivity index (χ1v) is 6.10. The topological polar surface area (TPSA) is 183 Å². The van der Waals surface area contributed by atoms with E-state index in [2.05, 4.69) is 5.32 Å². The molecule has 0 aromatic rings. The Balaban J connectivity index is -0.000000304. The quantitative estimate of drug-likeness (QED) is 0.147. The fourth-order valence-electron chi connectivity index (χ4n) is 0.679. The van der Waals surface area contributed by atoms with E-state index in [1.54, 1.807) is 0 Å². The van der Waals surface area contributed by atoms with Gasteiger partial charge in [-0.3, -0.25) is 5.41 Å².